The van der Waals surface area contributed by atoms with E-state index in [1.807, 2.05) is 6.92 Å². The van der Waals surface area contributed by atoms with Gasteiger partial charge in [0, 0.05) is 11.3 Å². The van der Waals surface area contributed by atoms with E-state index in [1.165, 1.54) is 19.2 Å². The van der Waals surface area contributed by atoms with Gasteiger partial charge in [0.05, 0.1) is 25.3 Å². The summed E-state index contributed by atoms with van der Waals surface area (Å²) in [5.41, 5.74) is 0.690. The van der Waals surface area contributed by atoms with Gasteiger partial charge in [-0.25, -0.2) is 0 Å². The molecule has 4 rings (SSSR count). The van der Waals surface area contributed by atoms with Crippen molar-refractivity contribution in [2.45, 2.75) is 25.7 Å². The summed E-state index contributed by atoms with van der Waals surface area (Å²) >= 11 is 0. The molecule has 0 spiro atoms. The Kier molecular flexibility index (Phi) is 7.61. The minimum atomic E-state index is -4.89. The molecule has 1 aliphatic rings. The zero-order chi connectivity index (χ0) is 27.4. The molecule has 1 amide bonds. The molecule has 1 saturated heterocycles. The molecule has 10 heteroatoms. The predicted octanol–water partition coefficient (Wildman–Crippen LogP) is 6.01. The third-order valence-corrected chi connectivity index (χ3v) is 5.80. The van der Waals surface area contributed by atoms with Crippen LogP contribution in [-0.4, -0.2) is 36.9 Å². The van der Waals surface area contributed by atoms with E-state index in [-0.39, 0.29) is 16.8 Å². The molecule has 3 aromatic carbocycles. The Labute approximate surface area is 216 Å². The molecule has 38 heavy (non-hydrogen) atoms. The van der Waals surface area contributed by atoms with Crippen molar-refractivity contribution < 1.29 is 42.1 Å². The molecule has 0 aliphatic carbocycles. The molecule has 0 aromatic heterocycles. The van der Waals surface area contributed by atoms with Crippen LogP contribution in [0.15, 0.2) is 78.4 Å². The van der Waals surface area contributed by atoms with Crippen molar-refractivity contribution in [1.82, 2.24) is 0 Å². The van der Waals surface area contributed by atoms with Gasteiger partial charge in [-0.15, -0.1) is 13.2 Å². The Hall–Kier alpha value is -4.47. The van der Waals surface area contributed by atoms with E-state index >= 15 is 0 Å². The van der Waals surface area contributed by atoms with Crippen molar-refractivity contribution in [2.24, 2.45) is 0 Å². The maximum Gasteiger partial charge on any atom is 0.573 e. The van der Waals surface area contributed by atoms with Crippen LogP contribution in [0.2, 0.25) is 0 Å². The summed E-state index contributed by atoms with van der Waals surface area (Å²) in [4.78, 5) is 27.6. The summed E-state index contributed by atoms with van der Waals surface area (Å²) in [6.07, 6.45) is -4.07. The lowest BCUT2D eigenvalue weighted by Crippen LogP contribution is -2.29. The Bertz CT molecular complexity index is 1350. The minimum absolute atomic E-state index is 0.136. The third-order valence-electron chi connectivity index (χ3n) is 5.80. The quantitative estimate of drug-likeness (QED) is 0.220. The average Bonchev–Trinajstić information content (AvgIpc) is 3.17. The fourth-order valence-corrected chi connectivity index (χ4v) is 4.12. The van der Waals surface area contributed by atoms with Gasteiger partial charge in [-0.2, -0.15) is 0 Å². The number of amides is 1. The zero-order valence-electron chi connectivity index (χ0n) is 20.5. The van der Waals surface area contributed by atoms with Crippen molar-refractivity contribution >= 4 is 23.1 Å². The van der Waals surface area contributed by atoms with Crippen molar-refractivity contribution in [2.75, 3.05) is 18.6 Å². The Balaban J connectivity index is 1.81. The molecule has 0 saturated carbocycles. The number of benzene rings is 3. The number of aliphatic hydroxyl groups excluding tert-OH is 1. The number of carbonyl (C=O) groups excluding carboxylic acids is 2. The number of halogens is 3. The number of hydrogen-bond acceptors (Lipinski definition) is 6. The van der Waals surface area contributed by atoms with Gasteiger partial charge in [-0.05, 0) is 72.6 Å². The normalized spacial score (nSPS) is 17.0. The van der Waals surface area contributed by atoms with E-state index in [0.29, 0.717) is 23.7 Å². The highest BCUT2D eigenvalue weighted by Gasteiger charge is 2.47. The number of ether oxygens (including phenoxy) is 3. The molecule has 0 radical (unpaired) electrons. The number of anilines is 1. The summed E-state index contributed by atoms with van der Waals surface area (Å²) in [6, 6.07) is 16.5. The lowest BCUT2D eigenvalue weighted by Gasteiger charge is -2.26. The van der Waals surface area contributed by atoms with E-state index in [0.717, 1.165) is 23.5 Å². The smallest absolute Gasteiger partial charge is 0.507 e. The van der Waals surface area contributed by atoms with Crippen LogP contribution in [0.1, 0.15) is 30.5 Å². The molecule has 1 heterocycles. The van der Waals surface area contributed by atoms with Crippen LogP contribution >= 0.6 is 0 Å². The molecule has 1 aliphatic heterocycles. The van der Waals surface area contributed by atoms with Crippen LogP contribution in [0.25, 0.3) is 5.76 Å². The monoisotopic (exact) mass is 527 g/mol. The maximum atomic E-state index is 13.3. The van der Waals surface area contributed by atoms with Crippen LogP contribution < -0.4 is 19.1 Å². The third kappa shape index (κ3) is 5.59. The highest BCUT2D eigenvalue weighted by Crippen LogP contribution is 2.43. The van der Waals surface area contributed by atoms with Crippen molar-refractivity contribution in [1.29, 1.82) is 0 Å². The first-order valence-electron chi connectivity index (χ1n) is 11.7. The van der Waals surface area contributed by atoms with Gasteiger partial charge < -0.3 is 19.3 Å². The van der Waals surface area contributed by atoms with Gasteiger partial charge in [0.25, 0.3) is 11.7 Å². The molecular formula is C28H24F3NO6. The molecule has 1 unspecified atom stereocenters. The van der Waals surface area contributed by atoms with Gasteiger partial charge in [0.15, 0.2) is 0 Å². The zero-order valence-corrected chi connectivity index (χ0v) is 20.5. The molecule has 0 bridgehead atoms. The van der Waals surface area contributed by atoms with Gasteiger partial charge in [0.1, 0.15) is 23.0 Å². The van der Waals surface area contributed by atoms with Crippen LogP contribution in [0.4, 0.5) is 18.9 Å². The molecule has 1 fully saturated rings. The first-order valence-corrected chi connectivity index (χ1v) is 11.7. The lowest BCUT2D eigenvalue weighted by molar-refractivity contribution is -0.274. The number of hydrogen-bond donors (Lipinski definition) is 1. The number of ketones is 1. The first-order chi connectivity index (χ1) is 18.1. The highest BCUT2D eigenvalue weighted by molar-refractivity contribution is 6.51. The number of Topliss-reactive ketones (excluding diaryl/α,β-unsaturated/α-hetero) is 1. The van der Waals surface area contributed by atoms with E-state index in [1.54, 1.807) is 48.5 Å². The summed E-state index contributed by atoms with van der Waals surface area (Å²) < 4.78 is 52.6. The van der Waals surface area contributed by atoms with Crippen LogP contribution in [0.3, 0.4) is 0 Å². The number of nitrogens with zero attached hydrogens (tertiary/aromatic N) is 1. The second-order valence-corrected chi connectivity index (χ2v) is 8.36. The molecular weight excluding hydrogens is 503 g/mol. The Morgan fingerprint density at radius 1 is 0.947 bits per heavy atom. The Morgan fingerprint density at radius 2 is 1.61 bits per heavy atom. The number of carbonyl (C=O) groups is 2. The summed E-state index contributed by atoms with van der Waals surface area (Å²) in [5.74, 6) is -1.77. The largest absolute Gasteiger partial charge is 0.573 e. The number of aliphatic hydroxyl groups is 1. The highest BCUT2D eigenvalue weighted by atomic mass is 19.4. The van der Waals surface area contributed by atoms with E-state index in [4.69, 9.17) is 9.47 Å². The topological polar surface area (TPSA) is 85.3 Å². The summed E-state index contributed by atoms with van der Waals surface area (Å²) in [5, 5.41) is 11.2. The molecule has 3 aromatic rings. The summed E-state index contributed by atoms with van der Waals surface area (Å²) in [6.45, 7) is 2.48. The van der Waals surface area contributed by atoms with Gasteiger partial charge in [0.2, 0.25) is 0 Å². The average molecular weight is 527 g/mol. The maximum absolute atomic E-state index is 13.3. The van der Waals surface area contributed by atoms with E-state index in [9.17, 15) is 27.9 Å². The molecule has 198 valence electrons. The SMILES string of the molecule is CCCOc1ccc(/C(O)=C2/C(=O)C(=O)N(c3ccc(OC(F)(F)F)cc3)C2c2cccc(OC)c2)cc1. The van der Waals surface area contributed by atoms with Crippen LogP contribution in [-0.2, 0) is 9.59 Å². The van der Waals surface area contributed by atoms with Crippen molar-refractivity contribution in [3.05, 3.63) is 89.5 Å². The molecule has 1 atom stereocenters. The number of rotatable bonds is 8. The van der Waals surface area contributed by atoms with Gasteiger partial charge >= 0.3 is 6.36 Å². The fraction of sp³-hybridized carbons (Fsp3) is 0.214. The fourth-order valence-electron chi connectivity index (χ4n) is 4.12. The number of methoxy groups -OCH3 is 1. The van der Waals surface area contributed by atoms with Gasteiger partial charge in [-0.3, -0.25) is 14.5 Å². The summed E-state index contributed by atoms with van der Waals surface area (Å²) in [7, 11) is 1.46. The Morgan fingerprint density at radius 3 is 2.21 bits per heavy atom. The van der Waals surface area contributed by atoms with E-state index < -0.39 is 35.6 Å². The molecule has 1 N–H and O–H groups in total. The second-order valence-electron chi connectivity index (χ2n) is 8.36. The standard InChI is InChI=1S/C28H24F3NO6/c1-3-15-37-20-11-7-17(8-12-20)25(33)23-24(18-5-4-6-22(16-18)36-2)32(27(35)26(23)34)19-9-13-21(14-10-19)38-28(29,30)31/h4-14,16,24,33H,3,15H2,1-2H3/b25-23-. The number of alkyl halides is 3. The lowest BCUT2D eigenvalue weighted by atomic mass is 9.95. The minimum Gasteiger partial charge on any atom is -0.507 e. The van der Waals surface area contributed by atoms with Crippen molar-refractivity contribution in [3.63, 3.8) is 0 Å². The van der Waals surface area contributed by atoms with E-state index in [2.05, 4.69) is 4.74 Å². The second kappa shape index (κ2) is 10.9. The predicted molar refractivity (Wildman–Crippen MR) is 133 cm³/mol. The molecule has 7 nitrogen and oxygen atoms in total. The van der Waals surface area contributed by atoms with Crippen LogP contribution in [0.5, 0.6) is 17.2 Å². The van der Waals surface area contributed by atoms with Crippen molar-refractivity contribution in [3.8, 4) is 17.2 Å². The van der Waals surface area contributed by atoms with Crippen LogP contribution in [0, 0.1) is 0 Å². The first kappa shape index (κ1) is 26.6. The van der Waals surface area contributed by atoms with Gasteiger partial charge in [-0.1, -0.05) is 19.1 Å².